The van der Waals surface area contributed by atoms with Gasteiger partial charge in [0.05, 0.1) is 17.8 Å². The van der Waals surface area contributed by atoms with Crippen LogP contribution in [0.2, 0.25) is 0 Å². The number of thiophene rings is 1. The molecule has 34 heavy (non-hydrogen) atoms. The first-order valence-electron chi connectivity index (χ1n) is 11.4. The third-order valence-electron chi connectivity index (χ3n) is 7.07. The number of imide groups is 1. The van der Waals surface area contributed by atoms with Crippen molar-refractivity contribution in [3.8, 4) is 11.3 Å². The Kier molecular flexibility index (Phi) is 4.71. The van der Waals surface area contributed by atoms with Crippen molar-refractivity contribution in [1.29, 1.82) is 0 Å². The van der Waals surface area contributed by atoms with Gasteiger partial charge in [-0.15, -0.1) is 11.3 Å². The lowest BCUT2D eigenvalue weighted by Gasteiger charge is -2.31. The van der Waals surface area contributed by atoms with Crippen LogP contribution in [0.15, 0.2) is 66.0 Å². The van der Waals surface area contributed by atoms with Gasteiger partial charge in [0.1, 0.15) is 5.54 Å². The van der Waals surface area contributed by atoms with Crippen molar-refractivity contribution < 1.29 is 14.4 Å². The number of carbonyl (C=O) groups is 3. The summed E-state index contributed by atoms with van der Waals surface area (Å²) in [5.74, 6) is -0.579. The molecular formula is C27H23N3O3S. The molecule has 7 heteroatoms. The summed E-state index contributed by atoms with van der Waals surface area (Å²) in [5, 5.41) is 5.72. The van der Waals surface area contributed by atoms with Gasteiger partial charge in [0.2, 0.25) is 0 Å². The molecule has 0 saturated carbocycles. The minimum absolute atomic E-state index is 0.252. The van der Waals surface area contributed by atoms with Crippen LogP contribution in [0.5, 0.6) is 0 Å². The Balaban J connectivity index is 1.41. The summed E-state index contributed by atoms with van der Waals surface area (Å²) in [7, 11) is 1.93. The monoisotopic (exact) mass is 469 g/mol. The molecule has 2 aromatic heterocycles. The molecule has 1 atom stereocenters. The van der Waals surface area contributed by atoms with E-state index in [2.05, 4.69) is 5.32 Å². The molecule has 0 bridgehead atoms. The maximum absolute atomic E-state index is 13.8. The highest BCUT2D eigenvalue weighted by atomic mass is 32.1. The molecule has 3 heterocycles. The highest BCUT2D eigenvalue weighted by molar-refractivity contribution is 7.10. The second kappa shape index (κ2) is 7.67. The van der Waals surface area contributed by atoms with Gasteiger partial charge in [-0.2, -0.15) is 0 Å². The summed E-state index contributed by atoms with van der Waals surface area (Å²) in [6.07, 6.45) is 2.28. The number of urea groups is 1. The van der Waals surface area contributed by atoms with Crippen LogP contribution in [-0.2, 0) is 23.8 Å². The van der Waals surface area contributed by atoms with E-state index in [0.29, 0.717) is 12.0 Å². The van der Waals surface area contributed by atoms with Crippen LogP contribution in [0.1, 0.15) is 33.6 Å². The Labute approximate surface area is 200 Å². The normalized spacial score (nSPS) is 19.6. The van der Waals surface area contributed by atoms with Crippen LogP contribution < -0.4 is 5.32 Å². The van der Waals surface area contributed by atoms with E-state index >= 15 is 0 Å². The SMILES string of the molecule is Cn1c(-c2ccccc2)c(C(=O)CN2C(=O)N[C@]3(CCCc4sccc43)C2=O)c2ccccc21. The predicted molar refractivity (Wildman–Crippen MR) is 132 cm³/mol. The van der Waals surface area contributed by atoms with E-state index in [0.717, 1.165) is 50.3 Å². The van der Waals surface area contributed by atoms with Gasteiger partial charge in [0.25, 0.3) is 5.91 Å². The van der Waals surface area contributed by atoms with Crippen LogP contribution >= 0.6 is 11.3 Å². The summed E-state index contributed by atoms with van der Waals surface area (Å²) in [4.78, 5) is 42.7. The largest absolute Gasteiger partial charge is 0.343 e. The van der Waals surface area contributed by atoms with E-state index < -0.39 is 11.6 Å². The van der Waals surface area contributed by atoms with Crippen molar-refractivity contribution in [3.63, 3.8) is 0 Å². The third-order valence-corrected chi connectivity index (χ3v) is 8.05. The third kappa shape index (κ3) is 2.90. The van der Waals surface area contributed by atoms with Gasteiger partial charge in [-0.25, -0.2) is 4.79 Å². The molecule has 1 aliphatic carbocycles. The molecule has 6 rings (SSSR count). The van der Waals surface area contributed by atoms with Crippen LogP contribution in [0, 0.1) is 0 Å². The van der Waals surface area contributed by atoms with E-state index in [-0.39, 0.29) is 18.2 Å². The first-order valence-corrected chi connectivity index (χ1v) is 12.3. The Bertz CT molecular complexity index is 1470. The van der Waals surface area contributed by atoms with E-state index in [1.54, 1.807) is 11.3 Å². The number of benzene rings is 2. The number of aryl methyl sites for hydroxylation is 2. The molecule has 4 aromatic rings. The van der Waals surface area contributed by atoms with Crippen molar-refractivity contribution in [2.24, 2.45) is 7.05 Å². The van der Waals surface area contributed by atoms with Gasteiger partial charge in [-0.1, -0.05) is 48.5 Å². The fourth-order valence-corrected chi connectivity index (χ4v) is 6.52. The quantitative estimate of drug-likeness (QED) is 0.342. The summed E-state index contributed by atoms with van der Waals surface area (Å²) >= 11 is 1.61. The number of hydrogen-bond acceptors (Lipinski definition) is 4. The zero-order valence-electron chi connectivity index (χ0n) is 18.7. The Hall–Kier alpha value is -3.71. The number of fused-ring (bicyclic) bond motifs is 3. The van der Waals surface area contributed by atoms with Gasteiger partial charge in [0, 0.05) is 28.4 Å². The molecule has 1 saturated heterocycles. The zero-order valence-corrected chi connectivity index (χ0v) is 19.5. The highest BCUT2D eigenvalue weighted by Crippen LogP contribution is 2.42. The lowest BCUT2D eigenvalue weighted by atomic mass is 9.80. The maximum Gasteiger partial charge on any atom is 0.325 e. The van der Waals surface area contributed by atoms with Gasteiger partial charge in [-0.3, -0.25) is 14.5 Å². The summed E-state index contributed by atoms with van der Waals surface area (Å²) in [6, 6.07) is 18.9. The van der Waals surface area contributed by atoms with Gasteiger partial charge in [0.15, 0.2) is 5.78 Å². The number of Topliss-reactive ketones (excluding diaryl/α,β-unsaturated/α-hetero) is 1. The molecule has 1 aliphatic heterocycles. The number of hydrogen-bond donors (Lipinski definition) is 1. The van der Waals surface area contributed by atoms with E-state index in [4.69, 9.17) is 0 Å². The second-order valence-electron chi connectivity index (χ2n) is 8.93. The molecule has 3 amide bonds. The van der Waals surface area contributed by atoms with Crippen molar-refractivity contribution in [1.82, 2.24) is 14.8 Å². The number of rotatable bonds is 4. The average molecular weight is 470 g/mol. The second-order valence-corrected chi connectivity index (χ2v) is 9.93. The molecule has 0 unspecified atom stereocenters. The summed E-state index contributed by atoms with van der Waals surface area (Å²) in [6.45, 7) is -0.292. The van der Waals surface area contributed by atoms with Gasteiger partial charge >= 0.3 is 6.03 Å². The molecule has 1 spiro atoms. The fraction of sp³-hybridized carbons (Fsp3) is 0.222. The molecular weight excluding hydrogens is 446 g/mol. The lowest BCUT2D eigenvalue weighted by Crippen LogP contribution is -2.46. The number of amides is 3. The average Bonchev–Trinajstić information content (AvgIpc) is 3.51. The molecule has 2 aliphatic rings. The van der Waals surface area contributed by atoms with E-state index in [1.165, 1.54) is 0 Å². The molecule has 2 aromatic carbocycles. The molecule has 170 valence electrons. The number of carbonyl (C=O) groups excluding carboxylic acids is 3. The molecule has 6 nitrogen and oxygen atoms in total. The molecule has 0 radical (unpaired) electrons. The van der Waals surface area contributed by atoms with Crippen molar-refractivity contribution in [3.05, 3.63) is 82.0 Å². The minimum Gasteiger partial charge on any atom is -0.343 e. The predicted octanol–water partition coefficient (Wildman–Crippen LogP) is 4.87. The summed E-state index contributed by atoms with van der Waals surface area (Å²) < 4.78 is 2.00. The standard InChI is InChI=1S/C27H23N3O3S/c1-29-20-11-6-5-10-18(20)23(24(29)17-8-3-2-4-9-17)21(31)16-30-25(32)27(28-26(30)33)14-7-12-22-19(27)13-15-34-22/h2-6,8-11,13,15H,7,12,14,16H2,1H3,(H,28,33)/t27-/m0/s1. The van der Waals surface area contributed by atoms with Crippen LogP contribution in [0.3, 0.4) is 0 Å². The Morgan fingerprint density at radius 1 is 1.06 bits per heavy atom. The lowest BCUT2D eigenvalue weighted by molar-refractivity contribution is -0.131. The minimum atomic E-state index is -1.05. The van der Waals surface area contributed by atoms with Crippen molar-refractivity contribution in [2.45, 2.75) is 24.8 Å². The van der Waals surface area contributed by atoms with Crippen LogP contribution in [0.25, 0.3) is 22.2 Å². The van der Waals surface area contributed by atoms with Gasteiger partial charge < -0.3 is 9.88 Å². The van der Waals surface area contributed by atoms with E-state index in [9.17, 15) is 14.4 Å². The van der Waals surface area contributed by atoms with Crippen LogP contribution in [0.4, 0.5) is 4.79 Å². The number of ketones is 1. The number of aromatic nitrogens is 1. The first-order chi connectivity index (χ1) is 16.5. The molecule has 1 fully saturated rings. The smallest absolute Gasteiger partial charge is 0.325 e. The topological polar surface area (TPSA) is 71.4 Å². The molecule has 1 N–H and O–H groups in total. The summed E-state index contributed by atoms with van der Waals surface area (Å²) in [5.41, 5.74) is 2.98. The Morgan fingerprint density at radius 3 is 2.65 bits per heavy atom. The number of para-hydroxylation sites is 1. The maximum atomic E-state index is 13.8. The highest BCUT2D eigenvalue weighted by Gasteiger charge is 2.54. The van der Waals surface area contributed by atoms with Gasteiger partial charge in [-0.05, 0) is 42.3 Å². The van der Waals surface area contributed by atoms with E-state index in [1.807, 2.05) is 77.7 Å². The zero-order chi connectivity index (χ0) is 23.4. The first kappa shape index (κ1) is 20.9. The Morgan fingerprint density at radius 2 is 1.82 bits per heavy atom. The fourth-order valence-electron chi connectivity index (χ4n) is 5.52. The van der Waals surface area contributed by atoms with Crippen molar-refractivity contribution in [2.75, 3.05) is 6.54 Å². The number of nitrogens with one attached hydrogen (secondary N) is 1. The number of nitrogens with zero attached hydrogens (tertiary/aromatic N) is 2. The van der Waals surface area contributed by atoms with Crippen LogP contribution in [-0.4, -0.2) is 33.7 Å². The van der Waals surface area contributed by atoms with Crippen molar-refractivity contribution >= 4 is 40.0 Å².